The maximum Gasteiger partial charge on any atom is 0.244 e. The van der Waals surface area contributed by atoms with Crippen molar-refractivity contribution in [2.24, 2.45) is 0 Å². The lowest BCUT2D eigenvalue weighted by molar-refractivity contribution is -0.117. The van der Waals surface area contributed by atoms with Crippen LogP contribution in [-0.2, 0) is 4.79 Å². The standard InChI is InChI=1S/C15H16ClN3O/c1-2-13(15-17-8-9-18-15)19-14(20)7-6-11-4-3-5-12(16)10-11/h3-10,13H,2H2,1H3,(H,17,18)(H,19,20)/b7-6+. The van der Waals surface area contributed by atoms with E-state index in [1.807, 2.05) is 19.1 Å². The SMILES string of the molecule is CCC(NC(=O)/C=C/c1cccc(Cl)c1)c1ncc[nH]1. The van der Waals surface area contributed by atoms with E-state index < -0.39 is 0 Å². The molecule has 20 heavy (non-hydrogen) atoms. The van der Waals surface area contributed by atoms with E-state index in [1.54, 1.807) is 30.6 Å². The van der Waals surface area contributed by atoms with Crippen LogP contribution < -0.4 is 5.32 Å². The smallest absolute Gasteiger partial charge is 0.244 e. The molecule has 5 heteroatoms. The quantitative estimate of drug-likeness (QED) is 0.829. The van der Waals surface area contributed by atoms with E-state index in [0.29, 0.717) is 5.02 Å². The zero-order valence-electron chi connectivity index (χ0n) is 11.1. The Balaban J connectivity index is 1.98. The van der Waals surface area contributed by atoms with Crippen LogP contribution in [0.2, 0.25) is 5.02 Å². The molecule has 2 aromatic rings. The third kappa shape index (κ3) is 3.96. The van der Waals surface area contributed by atoms with E-state index >= 15 is 0 Å². The number of amides is 1. The lowest BCUT2D eigenvalue weighted by Crippen LogP contribution is -2.27. The van der Waals surface area contributed by atoms with Crippen LogP contribution in [0, 0.1) is 0 Å². The molecule has 0 fully saturated rings. The summed E-state index contributed by atoms with van der Waals surface area (Å²) in [5, 5.41) is 3.55. The Morgan fingerprint density at radius 3 is 3.05 bits per heavy atom. The van der Waals surface area contributed by atoms with Gasteiger partial charge in [-0.15, -0.1) is 0 Å². The minimum atomic E-state index is -0.159. The number of rotatable bonds is 5. The van der Waals surface area contributed by atoms with Crippen molar-refractivity contribution in [2.45, 2.75) is 19.4 Å². The van der Waals surface area contributed by atoms with Crippen LogP contribution in [0.25, 0.3) is 6.08 Å². The maximum absolute atomic E-state index is 11.9. The van der Waals surface area contributed by atoms with E-state index in [4.69, 9.17) is 11.6 Å². The lowest BCUT2D eigenvalue weighted by Gasteiger charge is -2.12. The van der Waals surface area contributed by atoms with Crippen LogP contribution in [-0.4, -0.2) is 15.9 Å². The highest BCUT2D eigenvalue weighted by molar-refractivity contribution is 6.30. The molecule has 1 atom stereocenters. The molecule has 0 aliphatic carbocycles. The van der Waals surface area contributed by atoms with Crippen LogP contribution in [0.1, 0.15) is 30.8 Å². The minimum Gasteiger partial charge on any atom is -0.347 e. The average molecular weight is 290 g/mol. The topological polar surface area (TPSA) is 57.8 Å². The van der Waals surface area contributed by atoms with Gasteiger partial charge in [0.25, 0.3) is 0 Å². The fourth-order valence-electron chi connectivity index (χ4n) is 1.83. The number of aromatic amines is 1. The molecular weight excluding hydrogens is 274 g/mol. The van der Waals surface area contributed by atoms with Gasteiger partial charge in [0.2, 0.25) is 5.91 Å². The summed E-state index contributed by atoms with van der Waals surface area (Å²) in [5.74, 6) is 0.602. The number of carbonyl (C=O) groups excluding carboxylic acids is 1. The Hall–Kier alpha value is -2.07. The van der Waals surface area contributed by atoms with Gasteiger partial charge < -0.3 is 10.3 Å². The summed E-state index contributed by atoms with van der Waals surface area (Å²) in [6, 6.07) is 7.22. The third-order valence-corrected chi connectivity index (χ3v) is 3.09. The first-order valence-electron chi connectivity index (χ1n) is 6.42. The molecule has 1 heterocycles. The molecule has 0 spiro atoms. The van der Waals surface area contributed by atoms with Crippen LogP contribution in [0.3, 0.4) is 0 Å². The first-order valence-corrected chi connectivity index (χ1v) is 6.80. The Labute approximate surface area is 122 Å². The number of carbonyl (C=O) groups is 1. The number of imidazole rings is 1. The van der Waals surface area contributed by atoms with Gasteiger partial charge in [-0.1, -0.05) is 30.7 Å². The molecule has 0 radical (unpaired) electrons. The fourth-order valence-corrected chi connectivity index (χ4v) is 2.03. The van der Waals surface area contributed by atoms with Crippen molar-refractivity contribution in [1.82, 2.24) is 15.3 Å². The summed E-state index contributed by atoms with van der Waals surface area (Å²) in [6.45, 7) is 1.99. The van der Waals surface area contributed by atoms with E-state index in [0.717, 1.165) is 17.8 Å². The van der Waals surface area contributed by atoms with E-state index in [2.05, 4.69) is 15.3 Å². The van der Waals surface area contributed by atoms with Gasteiger partial charge in [-0.25, -0.2) is 4.98 Å². The molecule has 4 nitrogen and oxygen atoms in total. The summed E-state index contributed by atoms with van der Waals surface area (Å²) in [5.41, 5.74) is 0.888. The summed E-state index contributed by atoms with van der Waals surface area (Å²) in [6.07, 6.45) is 7.41. The van der Waals surface area contributed by atoms with Crippen molar-refractivity contribution in [3.05, 3.63) is 59.1 Å². The van der Waals surface area contributed by atoms with Gasteiger partial charge in [0, 0.05) is 23.5 Å². The number of H-pyrrole nitrogens is 1. The molecule has 1 amide bonds. The average Bonchev–Trinajstić information content (AvgIpc) is 2.96. The number of nitrogens with zero attached hydrogens (tertiary/aromatic N) is 1. The zero-order valence-corrected chi connectivity index (χ0v) is 11.9. The van der Waals surface area contributed by atoms with E-state index in [1.165, 1.54) is 6.08 Å². The van der Waals surface area contributed by atoms with Gasteiger partial charge >= 0.3 is 0 Å². The number of hydrogen-bond acceptors (Lipinski definition) is 2. The fraction of sp³-hybridized carbons (Fsp3) is 0.200. The molecule has 1 aromatic heterocycles. The molecule has 104 valence electrons. The highest BCUT2D eigenvalue weighted by atomic mass is 35.5. The van der Waals surface area contributed by atoms with Gasteiger partial charge in [-0.05, 0) is 30.2 Å². The normalized spacial score (nSPS) is 12.5. The first kappa shape index (κ1) is 14.3. The number of benzene rings is 1. The number of nitrogens with one attached hydrogen (secondary N) is 2. The molecule has 2 rings (SSSR count). The number of halogens is 1. The number of aromatic nitrogens is 2. The molecule has 1 unspecified atom stereocenters. The molecular formula is C15H16ClN3O. The molecule has 0 bridgehead atoms. The monoisotopic (exact) mass is 289 g/mol. The minimum absolute atomic E-state index is 0.110. The Bertz CT molecular complexity index is 593. The maximum atomic E-state index is 11.9. The van der Waals surface area contributed by atoms with Crippen LogP contribution in [0.5, 0.6) is 0 Å². The van der Waals surface area contributed by atoms with Gasteiger partial charge in [0.05, 0.1) is 6.04 Å². The third-order valence-electron chi connectivity index (χ3n) is 2.85. The van der Waals surface area contributed by atoms with Crippen LogP contribution in [0.15, 0.2) is 42.7 Å². The van der Waals surface area contributed by atoms with E-state index in [9.17, 15) is 4.79 Å². The van der Waals surface area contributed by atoms with Gasteiger partial charge in [-0.3, -0.25) is 4.79 Å². The highest BCUT2D eigenvalue weighted by Gasteiger charge is 2.12. The summed E-state index contributed by atoms with van der Waals surface area (Å²) < 4.78 is 0. The largest absolute Gasteiger partial charge is 0.347 e. The van der Waals surface area contributed by atoms with Crippen molar-refractivity contribution in [3.63, 3.8) is 0 Å². The van der Waals surface area contributed by atoms with Crippen molar-refractivity contribution in [2.75, 3.05) is 0 Å². The Morgan fingerprint density at radius 2 is 2.40 bits per heavy atom. The zero-order chi connectivity index (χ0) is 14.4. The second-order valence-electron chi connectivity index (χ2n) is 4.33. The molecule has 0 aliphatic heterocycles. The molecule has 0 saturated carbocycles. The second kappa shape index (κ2) is 6.91. The van der Waals surface area contributed by atoms with Crippen molar-refractivity contribution in [3.8, 4) is 0 Å². The molecule has 0 aliphatic rings. The van der Waals surface area contributed by atoms with Gasteiger partial charge in [0.15, 0.2) is 0 Å². The Kier molecular flexibility index (Phi) is 4.96. The van der Waals surface area contributed by atoms with Crippen molar-refractivity contribution in [1.29, 1.82) is 0 Å². The predicted molar refractivity (Wildman–Crippen MR) is 80.2 cm³/mol. The molecule has 0 saturated heterocycles. The van der Waals surface area contributed by atoms with Crippen molar-refractivity contribution >= 4 is 23.6 Å². The summed E-state index contributed by atoms with van der Waals surface area (Å²) in [4.78, 5) is 19.1. The van der Waals surface area contributed by atoms with Crippen LogP contribution in [0.4, 0.5) is 0 Å². The second-order valence-corrected chi connectivity index (χ2v) is 4.77. The summed E-state index contributed by atoms with van der Waals surface area (Å²) in [7, 11) is 0. The van der Waals surface area contributed by atoms with Crippen molar-refractivity contribution < 1.29 is 4.79 Å². The first-order chi connectivity index (χ1) is 9.69. The van der Waals surface area contributed by atoms with Gasteiger partial charge in [0.1, 0.15) is 5.82 Å². The Morgan fingerprint density at radius 1 is 1.55 bits per heavy atom. The number of hydrogen-bond donors (Lipinski definition) is 2. The van der Waals surface area contributed by atoms with E-state index in [-0.39, 0.29) is 11.9 Å². The summed E-state index contributed by atoms with van der Waals surface area (Å²) >= 11 is 5.89. The van der Waals surface area contributed by atoms with Crippen LogP contribution >= 0.6 is 11.6 Å². The molecule has 1 aromatic carbocycles. The molecule has 2 N–H and O–H groups in total. The lowest BCUT2D eigenvalue weighted by atomic mass is 10.2. The van der Waals surface area contributed by atoms with Gasteiger partial charge in [-0.2, -0.15) is 0 Å². The highest BCUT2D eigenvalue weighted by Crippen LogP contribution is 2.13. The predicted octanol–water partition coefficient (Wildman–Crippen LogP) is 3.34.